The van der Waals surface area contributed by atoms with Gasteiger partial charge in [0.2, 0.25) is 0 Å². The van der Waals surface area contributed by atoms with E-state index in [2.05, 4.69) is 54.1 Å². The highest BCUT2D eigenvalue weighted by Crippen LogP contribution is 2.21. The lowest BCUT2D eigenvalue weighted by atomic mass is 9.98. The average Bonchev–Trinajstić information content (AvgIpc) is 2.68. The highest BCUT2D eigenvalue weighted by Gasteiger charge is 2.11. The Morgan fingerprint density at radius 1 is 0.963 bits per heavy atom. The number of nitrogen functional groups attached to an aromatic ring is 1. The molecule has 146 valence electrons. The molecule has 0 spiro atoms. The van der Waals surface area contributed by atoms with Gasteiger partial charge in [-0.2, -0.15) is 0 Å². The number of aryl methyl sites for hydroxylation is 2. The maximum absolute atomic E-state index is 6.16. The smallest absolute Gasteiger partial charge is 0.126 e. The van der Waals surface area contributed by atoms with Gasteiger partial charge >= 0.3 is 0 Å². The summed E-state index contributed by atoms with van der Waals surface area (Å²) in [5, 5.41) is 0. The van der Waals surface area contributed by atoms with Gasteiger partial charge in [0.15, 0.2) is 0 Å². The molecule has 1 aliphatic heterocycles. The molecule has 0 aliphatic carbocycles. The molecule has 1 aromatic heterocycles. The molecule has 1 aliphatic rings. The zero-order valence-corrected chi connectivity index (χ0v) is 17.1. The third kappa shape index (κ3) is 5.80. The molecule has 3 nitrogen and oxygen atoms in total. The van der Waals surface area contributed by atoms with Crippen molar-refractivity contribution in [2.24, 2.45) is 0 Å². The van der Waals surface area contributed by atoms with Crippen molar-refractivity contribution in [2.45, 2.75) is 71.8 Å². The molecule has 1 saturated heterocycles. The number of aromatic nitrogens is 1. The summed E-state index contributed by atoms with van der Waals surface area (Å²) in [6.45, 7) is 7.89. The molecule has 3 rings (SSSR count). The van der Waals surface area contributed by atoms with Crippen LogP contribution in [0.15, 0.2) is 30.3 Å². The lowest BCUT2D eigenvalue weighted by molar-refractivity contribution is 0.221. The second kappa shape index (κ2) is 9.89. The molecule has 3 heteroatoms. The van der Waals surface area contributed by atoms with Crippen LogP contribution < -0.4 is 5.73 Å². The first-order chi connectivity index (χ1) is 13.2. The predicted octanol–water partition coefficient (Wildman–Crippen LogP) is 5.28. The van der Waals surface area contributed by atoms with E-state index in [0.29, 0.717) is 5.82 Å². The van der Waals surface area contributed by atoms with Gasteiger partial charge in [-0.25, -0.2) is 4.98 Å². The molecule has 0 atom stereocenters. The van der Waals surface area contributed by atoms with Crippen molar-refractivity contribution in [3.8, 4) is 0 Å². The third-order valence-corrected chi connectivity index (χ3v) is 5.75. The number of hydrogen-bond donors (Lipinski definition) is 1. The Kier molecular flexibility index (Phi) is 7.28. The number of hydrogen-bond acceptors (Lipinski definition) is 3. The first kappa shape index (κ1) is 19.9. The summed E-state index contributed by atoms with van der Waals surface area (Å²) < 4.78 is 0. The number of nitrogens with zero attached hydrogens (tertiary/aromatic N) is 2. The van der Waals surface area contributed by atoms with Gasteiger partial charge in [-0.3, -0.25) is 4.90 Å². The topological polar surface area (TPSA) is 42.2 Å². The van der Waals surface area contributed by atoms with Crippen LogP contribution in [0.1, 0.15) is 73.4 Å². The summed E-state index contributed by atoms with van der Waals surface area (Å²) in [5.41, 5.74) is 12.5. The van der Waals surface area contributed by atoms with E-state index in [0.717, 1.165) is 25.1 Å². The quantitative estimate of drug-likeness (QED) is 0.647. The van der Waals surface area contributed by atoms with Gasteiger partial charge in [-0.05, 0) is 74.4 Å². The molecule has 2 heterocycles. The Bertz CT molecular complexity index is 715. The number of pyridine rings is 1. The van der Waals surface area contributed by atoms with Crippen molar-refractivity contribution in [3.05, 3.63) is 58.3 Å². The maximum atomic E-state index is 6.16. The maximum Gasteiger partial charge on any atom is 0.126 e. The zero-order chi connectivity index (χ0) is 19.1. The number of piperidine rings is 1. The largest absolute Gasteiger partial charge is 0.383 e. The number of anilines is 1. The van der Waals surface area contributed by atoms with Crippen molar-refractivity contribution in [1.29, 1.82) is 0 Å². The first-order valence-electron chi connectivity index (χ1n) is 10.7. The van der Waals surface area contributed by atoms with Crippen LogP contribution in [0.2, 0.25) is 0 Å². The summed E-state index contributed by atoms with van der Waals surface area (Å²) in [5.74, 6) is 0.712. The Balaban J connectivity index is 1.64. The normalized spacial score (nSPS) is 15.2. The van der Waals surface area contributed by atoms with Gasteiger partial charge in [0.05, 0.1) is 0 Å². The Morgan fingerprint density at radius 2 is 1.67 bits per heavy atom. The Morgan fingerprint density at radius 3 is 2.37 bits per heavy atom. The van der Waals surface area contributed by atoms with E-state index in [1.165, 1.54) is 73.9 Å². The average molecular weight is 366 g/mol. The highest BCUT2D eigenvalue weighted by molar-refractivity contribution is 5.45. The van der Waals surface area contributed by atoms with Crippen LogP contribution in [0.3, 0.4) is 0 Å². The molecule has 0 amide bonds. The number of likely N-dealkylation sites (tertiary alicyclic amines) is 1. The Labute approximate surface area is 165 Å². The Hall–Kier alpha value is -1.87. The van der Waals surface area contributed by atoms with Crippen molar-refractivity contribution in [2.75, 3.05) is 18.8 Å². The summed E-state index contributed by atoms with van der Waals surface area (Å²) >= 11 is 0. The zero-order valence-electron chi connectivity index (χ0n) is 17.1. The van der Waals surface area contributed by atoms with Crippen LogP contribution in [-0.4, -0.2) is 23.0 Å². The molecular weight excluding hydrogens is 330 g/mol. The second-order valence-corrected chi connectivity index (χ2v) is 8.06. The van der Waals surface area contributed by atoms with E-state index in [1.807, 2.05) is 0 Å². The molecular formula is C24H35N3. The van der Waals surface area contributed by atoms with Gasteiger partial charge < -0.3 is 5.73 Å². The minimum absolute atomic E-state index is 0.712. The first-order valence-corrected chi connectivity index (χ1v) is 10.7. The number of nitrogens with two attached hydrogens (primary N) is 1. The van der Waals surface area contributed by atoms with Crippen LogP contribution in [0.5, 0.6) is 0 Å². The monoisotopic (exact) mass is 365 g/mol. The van der Waals surface area contributed by atoms with Crippen LogP contribution in [0, 0.1) is 6.92 Å². The molecule has 1 aromatic carbocycles. The summed E-state index contributed by atoms with van der Waals surface area (Å²) in [6, 6.07) is 11.4. The lowest BCUT2D eigenvalue weighted by Crippen LogP contribution is -2.29. The predicted molar refractivity (Wildman–Crippen MR) is 115 cm³/mol. The van der Waals surface area contributed by atoms with Crippen molar-refractivity contribution in [3.63, 3.8) is 0 Å². The number of unbranched alkanes of at least 4 members (excludes halogenated alkanes) is 2. The molecule has 27 heavy (non-hydrogen) atoms. The van der Waals surface area contributed by atoms with Crippen LogP contribution in [0.4, 0.5) is 5.82 Å². The van der Waals surface area contributed by atoms with Crippen molar-refractivity contribution in [1.82, 2.24) is 9.88 Å². The van der Waals surface area contributed by atoms with Gasteiger partial charge in [-0.15, -0.1) is 0 Å². The van der Waals surface area contributed by atoms with E-state index in [9.17, 15) is 0 Å². The van der Waals surface area contributed by atoms with Gasteiger partial charge in [0.1, 0.15) is 5.82 Å². The fraction of sp³-hybridized carbons (Fsp3) is 0.542. The molecule has 1 fully saturated rings. The van der Waals surface area contributed by atoms with E-state index in [4.69, 9.17) is 5.73 Å². The number of rotatable bonds is 8. The molecule has 2 aromatic rings. The summed E-state index contributed by atoms with van der Waals surface area (Å²) in [6.07, 6.45) is 9.74. The molecule has 0 saturated carbocycles. The summed E-state index contributed by atoms with van der Waals surface area (Å²) in [7, 11) is 0. The van der Waals surface area contributed by atoms with E-state index < -0.39 is 0 Å². The fourth-order valence-corrected chi connectivity index (χ4v) is 4.02. The standard InChI is InChI=1S/C24H35N3/c1-3-4-6-9-22-17-23(19(2)26-24(22)25)16-20-10-12-21(13-11-20)18-27-14-7-5-8-15-27/h10-13,17H,3-9,14-16,18H2,1-2H3,(H2,25,26). The molecule has 0 radical (unpaired) electrons. The highest BCUT2D eigenvalue weighted by atomic mass is 15.1. The van der Waals surface area contributed by atoms with Crippen LogP contribution in [-0.2, 0) is 19.4 Å². The molecule has 2 N–H and O–H groups in total. The SMILES string of the molecule is CCCCCc1cc(Cc2ccc(CN3CCCCC3)cc2)c(C)nc1N. The summed E-state index contributed by atoms with van der Waals surface area (Å²) in [4.78, 5) is 7.19. The molecule has 0 unspecified atom stereocenters. The lowest BCUT2D eigenvalue weighted by Gasteiger charge is -2.26. The van der Waals surface area contributed by atoms with Gasteiger partial charge in [0, 0.05) is 12.2 Å². The second-order valence-electron chi connectivity index (χ2n) is 8.06. The molecule has 0 bridgehead atoms. The van der Waals surface area contributed by atoms with Gasteiger partial charge in [0.25, 0.3) is 0 Å². The minimum Gasteiger partial charge on any atom is -0.383 e. The van der Waals surface area contributed by atoms with E-state index in [-0.39, 0.29) is 0 Å². The fourth-order valence-electron chi connectivity index (χ4n) is 4.02. The van der Waals surface area contributed by atoms with E-state index in [1.54, 1.807) is 0 Å². The van der Waals surface area contributed by atoms with Crippen LogP contribution in [0.25, 0.3) is 0 Å². The minimum atomic E-state index is 0.712. The van der Waals surface area contributed by atoms with Gasteiger partial charge in [-0.1, -0.05) is 56.5 Å². The van der Waals surface area contributed by atoms with Crippen molar-refractivity contribution >= 4 is 5.82 Å². The van der Waals surface area contributed by atoms with E-state index >= 15 is 0 Å². The van der Waals surface area contributed by atoms with Crippen molar-refractivity contribution < 1.29 is 0 Å². The third-order valence-electron chi connectivity index (χ3n) is 5.75. The number of benzene rings is 1. The van der Waals surface area contributed by atoms with Crippen LogP contribution >= 0.6 is 0 Å².